The van der Waals surface area contributed by atoms with Gasteiger partial charge in [0, 0.05) is 35.9 Å². The number of nitrogens with one attached hydrogen (secondary N) is 1. The smallest absolute Gasteiger partial charge is 0.253 e. The maximum absolute atomic E-state index is 12.0. The molecule has 0 spiro atoms. The molecule has 4 rings (SSSR count). The predicted molar refractivity (Wildman–Crippen MR) is 111 cm³/mol. The van der Waals surface area contributed by atoms with Crippen LogP contribution in [0.5, 0.6) is 0 Å². The third-order valence-corrected chi connectivity index (χ3v) is 4.55. The number of carbonyl (C=O) groups excluding carboxylic acids is 1. The van der Waals surface area contributed by atoms with E-state index in [-0.39, 0.29) is 5.91 Å². The highest BCUT2D eigenvalue weighted by Crippen LogP contribution is 2.23. The summed E-state index contributed by atoms with van der Waals surface area (Å²) in [6.45, 7) is 0. The number of hydrogen-bond donors (Lipinski definition) is 1. The van der Waals surface area contributed by atoms with Crippen LogP contribution in [0.1, 0.15) is 10.4 Å². The molecule has 1 amide bonds. The van der Waals surface area contributed by atoms with E-state index < -0.39 is 0 Å². The van der Waals surface area contributed by atoms with Gasteiger partial charge in [-0.05, 0) is 48.5 Å². The van der Waals surface area contributed by atoms with E-state index in [9.17, 15) is 4.79 Å². The lowest BCUT2D eigenvalue weighted by Gasteiger charge is -2.10. The highest BCUT2D eigenvalue weighted by atomic mass is 35.5. The number of fused-ring (bicyclic) bond motifs is 1. The van der Waals surface area contributed by atoms with E-state index in [1.165, 1.54) is 0 Å². The molecule has 28 heavy (non-hydrogen) atoms. The lowest BCUT2D eigenvalue weighted by molar-refractivity contribution is 0.0827. The van der Waals surface area contributed by atoms with Crippen molar-refractivity contribution in [3.63, 3.8) is 0 Å². The fourth-order valence-electron chi connectivity index (χ4n) is 2.88. The van der Waals surface area contributed by atoms with E-state index in [1.807, 2.05) is 54.6 Å². The molecule has 4 aromatic rings. The monoisotopic (exact) mass is 391 g/mol. The van der Waals surface area contributed by atoms with Gasteiger partial charge in [-0.25, -0.2) is 4.52 Å². The highest BCUT2D eigenvalue weighted by molar-refractivity contribution is 6.30. The Hall–Kier alpha value is -3.38. The van der Waals surface area contributed by atoms with Crippen molar-refractivity contribution in [3.05, 3.63) is 77.3 Å². The van der Waals surface area contributed by atoms with Gasteiger partial charge >= 0.3 is 0 Å². The number of aromatic nitrogens is 3. The normalized spacial score (nSPS) is 10.8. The molecule has 1 N–H and O–H groups in total. The third kappa shape index (κ3) is 3.54. The summed E-state index contributed by atoms with van der Waals surface area (Å²) in [4.78, 5) is 18.1. The van der Waals surface area contributed by atoms with Gasteiger partial charge in [-0.15, -0.1) is 5.10 Å². The number of amides is 1. The number of halogens is 1. The first-order valence-corrected chi connectivity index (χ1v) is 9.09. The zero-order valence-corrected chi connectivity index (χ0v) is 16.2. The Morgan fingerprint density at radius 2 is 1.71 bits per heavy atom. The largest absolute Gasteiger partial charge is 0.345 e. The average molecular weight is 392 g/mol. The van der Waals surface area contributed by atoms with Crippen LogP contribution in [0.15, 0.2) is 66.7 Å². The zero-order valence-electron chi connectivity index (χ0n) is 15.4. The third-order valence-electron chi connectivity index (χ3n) is 4.29. The van der Waals surface area contributed by atoms with Crippen molar-refractivity contribution in [3.8, 4) is 11.3 Å². The first-order chi connectivity index (χ1) is 13.5. The summed E-state index contributed by atoms with van der Waals surface area (Å²) in [6, 6.07) is 20.7. The van der Waals surface area contributed by atoms with Gasteiger partial charge in [0.15, 0.2) is 5.65 Å². The molecule has 140 valence electrons. The summed E-state index contributed by atoms with van der Waals surface area (Å²) < 4.78 is 1.79. The summed E-state index contributed by atoms with van der Waals surface area (Å²) >= 11 is 5.99. The van der Waals surface area contributed by atoms with E-state index in [2.05, 4.69) is 15.4 Å². The summed E-state index contributed by atoms with van der Waals surface area (Å²) in [6.07, 6.45) is 0. The predicted octanol–water partition coefficient (Wildman–Crippen LogP) is 4.50. The second kappa shape index (κ2) is 7.32. The minimum absolute atomic E-state index is 0.0370. The molecule has 2 aromatic heterocycles. The SMILES string of the molecule is CN(C)C(=O)c1ccc(Nc2nc3cccc(-c4ccc(Cl)cc4)n3n2)cc1. The van der Waals surface area contributed by atoms with Crippen molar-refractivity contribution in [2.24, 2.45) is 0 Å². The van der Waals surface area contributed by atoms with Crippen LogP contribution in [0.3, 0.4) is 0 Å². The first kappa shape index (κ1) is 18.0. The lowest BCUT2D eigenvalue weighted by atomic mass is 10.1. The molecule has 0 radical (unpaired) electrons. The van der Waals surface area contributed by atoms with Crippen LogP contribution in [0.25, 0.3) is 16.9 Å². The molecule has 0 aliphatic rings. The van der Waals surface area contributed by atoms with Crippen LogP contribution in [-0.2, 0) is 0 Å². The Balaban J connectivity index is 1.63. The molecule has 6 nitrogen and oxygen atoms in total. The molecule has 0 unspecified atom stereocenters. The molecular weight excluding hydrogens is 374 g/mol. The van der Waals surface area contributed by atoms with Gasteiger partial charge in [-0.2, -0.15) is 4.98 Å². The fraction of sp³-hybridized carbons (Fsp3) is 0.0952. The summed E-state index contributed by atoms with van der Waals surface area (Å²) in [7, 11) is 3.46. The fourth-order valence-corrected chi connectivity index (χ4v) is 3.01. The van der Waals surface area contributed by atoms with Gasteiger partial charge in [-0.3, -0.25) is 4.79 Å². The van der Waals surface area contributed by atoms with Crippen LogP contribution < -0.4 is 5.32 Å². The minimum atomic E-state index is -0.0370. The van der Waals surface area contributed by atoms with Crippen molar-refractivity contribution < 1.29 is 4.79 Å². The van der Waals surface area contributed by atoms with E-state index in [0.29, 0.717) is 16.5 Å². The van der Waals surface area contributed by atoms with Crippen LogP contribution in [0.2, 0.25) is 5.02 Å². The first-order valence-electron chi connectivity index (χ1n) is 8.72. The summed E-state index contributed by atoms with van der Waals surface area (Å²) in [5.74, 6) is 0.443. The van der Waals surface area contributed by atoms with Crippen molar-refractivity contribution in [1.82, 2.24) is 19.5 Å². The van der Waals surface area contributed by atoms with Crippen LogP contribution in [0, 0.1) is 0 Å². The molecule has 7 heteroatoms. The van der Waals surface area contributed by atoms with Gasteiger partial charge < -0.3 is 10.2 Å². The lowest BCUT2D eigenvalue weighted by Crippen LogP contribution is -2.21. The maximum atomic E-state index is 12.0. The number of rotatable bonds is 4. The Labute approximate surface area is 167 Å². The molecule has 0 atom stereocenters. The Morgan fingerprint density at radius 1 is 1.00 bits per heavy atom. The van der Waals surface area contributed by atoms with E-state index >= 15 is 0 Å². The zero-order chi connectivity index (χ0) is 19.7. The number of hydrogen-bond acceptors (Lipinski definition) is 4. The van der Waals surface area contributed by atoms with Crippen molar-refractivity contribution >= 4 is 34.8 Å². The number of anilines is 2. The number of carbonyl (C=O) groups is 1. The quantitative estimate of drug-likeness (QED) is 0.556. The van der Waals surface area contributed by atoms with E-state index in [0.717, 1.165) is 22.6 Å². The average Bonchev–Trinajstić information content (AvgIpc) is 3.11. The molecule has 0 aliphatic carbocycles. The second-order valence-corrected chi connectivity index (χ2v) is 6.96. The number of pyridine rings is 1. The molecule has 0 fully saturated rings. The van der Waals surface area contributed by atoms with Gasteiger partial charge in [0.2, 0.25) is 5.95 Å². The molecule has 0 saturated carbocycles. The van der Waals surface area contributed by atoms with Crippen LogP contribution >= 0.6 is 11.6 Å². The number of benzene rings is 2. The Kier molecular flexibility index (Phi) is 4.71. The van der Waals surface area contributed by atoms with Crippen molar-refractivity contribution in [1.29, 1.82) is 0 Å². The standard InChI is InChI=1S/C21H18ClN5O/c1-26(2)20(28)15-8-12-17(13-9-15)23-21-24-19-5-3-4-18(27(19)25-21)14-6-10-16(22)11-7-14/h3-13H,1-2H3,(H,23,25). The number of nitrogens with zero attached hydrogens (tertiary/aromatic N) is 4. The van der Waals surface area contributed by atoms with E-state index in [4.69, 9.17) is 11.6 Å². The van der Waals surface area contributed by atoms with Gasteiger partial charge in [-0.1, -0.05) is 29.8 Å². The van der Waals surface area contributed by atoms with Gasteiger partial charge in [0.05, 0.1) is 5.69 Å². The van der Waals surface area contributed by atoms with Crippen molar-refractivity contribution in [2.45, 2.75) is 0 Å². The van der Waals surface area contributed by atoms with Crippen LogP contribution in [-0.4, -0.2) is 39.5 Å². The van der Waals surface area contributed by atoms with Gasteiger partial charge in [0.25, 0.3) is 5.91 Å². The molecule has 0 bridgehead atoms. The highest BCUT2D eigenvalue weighted by Gasteiger charge is 2.10. The molecule has 0 aliphatic heterocycles. The topological polar surface area (TPSA) is 62.5 Å². The maximum Gasteiger partial charge on any atom is 0.253 e. The summed E-state index contributed by atoms with van der Waals surface area (Å²) in [5, 5.41) is 8.45. The minimum Gasteiger partial charge on any atom is -0.345 e. The molecule has 2 aromatic carbocycles. The summed E-state index contributed by atoms with van der Waals surface area (Å²) in [5.41, 5.74) is 4.08. The Bertz CT molecular complexity index is 1130. The van der Waals surface area contributed by atoms with E-state index in [1.54, 1.807) is 35.6 Å². The molecule has 2 heterocycles. The van der Waals surface area contributed by atoms with Crippen LogP contribution in [0.4, 0.5) is 11.6 Å². The molecule has 0 saturated heterocycles. The second-order valence-electron chi connectivity index (χ2n) is 6.53. The molecular formula is C21H18ClN5O. The van der Waals surface area contributed by atoms with Crippen molar-refractivity contribution in [2.75, 3.05) is 19.4 Å². The van der Waals surface area contributed by atoms with Gasteiger partial charge in [0.1, 0.15) is 0 Å². The Morgan fingerprint density at radius 3 is 2.39 bits per heavy atom.